The maximum atomic E-state index is 4.31. The predicted molar refractivity (Wildman–Crippen MR) is 60.5 cm³/mol. The molecule has 0 fully saturated rings. The Labute approximate surface area is 81.5 Å². The molecule has 0 aliphatic rings. The Morgan fingerprint density at radius 3 is 2.31 bits per heavy atom. The van der Waals surface area contributed by atoms with Crippen LogP contribution in [0.4, 0.5) is 0 Å². The van der Waals surface area contributed by atoms with Crippen LogP contribution >= 0.6 is 0 Å². The molecule has 0 N–H and O–H groups in total. The summed E-state index contributed by atoms with van der Waals surface area (Å²) in [6, 6.07) is 0. The van der Waals surface area contributed by atoms with Gasteiger partial charge < -0.3 is 0 Å². The number of aliphatic imine (C=N–C) groups is 2. The van der Waals surface area contributed by atoms with Crippen LogP contribution in [0.3, 0.4) is 0 Å². The highest BCUT2D eigenvalue weighted by molar-refractivity contribution is 5.93. The number of nitrogens with zero attached hydrogens (tertiary/aromatic N) is 2. The van der Waals surface area contributed by atoms with Gasteiger partial charge in [-0.2, -0.15) is 0 Å². The smallest absolute Gasteiger partial charge is 0.133 e. The quantitative estimate of drug-likeness (QED) is 0.469. The first-order valence-corrected chi connectivity index (χ1v) is 4.76. The molecule has 0 aromatic rings. The SMILES string of the molecule is CC=NC(=N/C=C\C)C(C)(C)CC. The lowest BCUT2D eigenvalue weighted by atomic mass is 9.89. The van der Waals surface area contributed by atoms with Gasteiger partial charge in [0, 0.05) is 17.8 Å². The maximum Gasteiger partial charge on any atom is 0.133 e. The summed E-state index contributed by atoms with van der Waals surface area (Å²) in [5, 5.41) is 0. The summed E-state index contributed by atoms with van der Waals surface area (Å²) in [4.78, 5) is 8.59. The molecule has 0 aromatic heterocycles. The second-order valence-corrected chi connectivity index (χ2v) is 3.56. The fourth-order valence-electron chi connectivity index (χ4n) is 0.808. The largest absolute Gasteiger partial charge is 0.246 e. The molecule has 13 heavy (non-hydrogen) atoms. The Bertz CT molecular complexity index is 222. The van der Waals surface area contributed by atoms with Gasteiger partial charge in [-0.1, -0.05) is 26.8 Å². The molecule has 2 heteroatoms. The Hall–Kier alpha value is -0.920. The lowest BCUT2D eigenvalue weighted by Gasteiger charge is -2.21. The first-order valence-electron chi connectivity index (χ1n) is 4.76. The van der Waals surface area contributed by atoms with Crippen molar-refractivity contribution in [3.05, 3.63) is 12.3 Å². The second kappa shape index (κ2) is 5.68. The summed E-state index contributed by atoms with van der Waals surface area (Å²) < 4.78 is 0. The van der Waals surface area contributed by atoms with Gasteiger partial charge >= 0.3 is 0 Å². The van der Waals surface area contributed by atoms with Crippen molar-refractivity contribution in [1.82, 2.24) is 0 Å². The minimum Gasteiger partial charge on any atom is -0.246 e. The van der Waals surface area contributed by atoms with Gasteiger partial charge in [0.2, 0.25) is 0 Å². The number of rotatable bonds is 3. The van der Waals surface area contributed by atoms with Gasteiger partial charge in [0.05, 0.1) is 0 Å². The lowest BCUT2D eigenvalue weighted by Crippen LogP contribution is -2.21. The standard InChI is InChI=1S/C11H20N2/c1-6-9-13-10(12-8-3)11(4,5)7-2/h6,8-9H,7H2,1-5H3/b9-6-,12-8?,13-10?. The van der Waals surface area contributed by atoms with Crippen molar-refractivity contribution < 1.29 is 0 Å². The van der Waals surface area contributed by atoms with Crippen molar-refractivity contribution in [3.63, 3.8) is 0 Å². The molecule has 0 aliphatic heterocycles. The average molecular weight is 180 g/mol. The fourth-order valence-corrected chi connectivity index (χ4v) is 0.808. The van der Waals surface area contributed by atoms with Gasteiger partial charge in [-0.15, -0.1) is 0 Å². The van der Waals surface area contributed by atoms with E-state index in [9.17, 15) is 0 Å². The molecule has 2 nitrogen and oxygen atoms in total. The highest BCUT2D eigenvalue weighted by Gasteiger charge is 2.21. The first-order chi connectivity index (χ1) is 6.08. The van der Waals surface area contributed by atoms with Crippen LogP contribution < -0.4 is 0 Å². The molecule has 74 valence electrons. The monoisotopic (exact) mass is 180 g/mol. The van der Waals surface area contributed by atoms with Crippen molar-refractivity contribution in [2.75, 3.05) is 0 Å². The van der Waals surface area contributed by atoms with Crippen LogP contribution in [0.5, 0.6) is 0 Å². The molecule has 0 radical (unpaired) electrons. The molecule has 0 saturated carbocycles. The summed E-state index contributed by atoms with van der Waals surface area (Å²) >= 11 is 0. The normalized spacial score (nSPS) is 14.7. The van der Waals surface area contributed by atoms with Crippen molar-refractivity contribution in [3.8, 4) is 0 Å². The second-order valence-electron chi connectivity index (χ2n) is 3.56. The van der Waals surface area contributed by atoms with Crippen LogP contribution in [0, 0.1) is 5.41 Å². The van der Waals surface area contributed by atoms with Gasteiger partial charge in [0.25, 0.3) is 0 Å². The average Bonchev–Trinajstić information content (AvgIpc) is 2.12. The third kappa shape index (κ3) is 4.02. The fraction of sp³-hybridized carbons (Fsp3) is 0.636. The van der Waals surface area contributed by atoms with Crippen molar-refractivity contribution in [2.45, 2.75) is 41.0 Å². The van der Waals surface area contributed by atoms with Crippen LogP contribution in [-0.4, -0.2) is 12.1 Å². The molecule has 0 aliphatic carbocycles. The van der Waals surface area contributed by atoms with Crippen LogP contribution in [-0.2, 0) is 0 Å². The third-order valence-electron chi connectivity index (χ3n) is 2.09. The summed E-state index contributed by atoms with van der Waals surface area (Å²) in [6.45, 7) is 10.3. The zero-order valence-electron chi connectivity index (χ0n) is 9.33. The van der Waals surface area contributed by atoms with E-state index in [-0.39, 0.29) is 5.41 Å². The molecule has 0 rings (SSSR count). The summed E-state index contributed by atoms with van der Waals surface area (Å²) in [5.74, 6) is 0.899. The Morgan fingerprint density at radius 2 is 1.92 bits per heavy atom. The summed E-state index contributed by atoms with van der Waals surface area (Å²) in [5.41, 5.74) is 0.0615. The lowest BCUT2D eigenvalue weighted by molar-refractivity contribution is 0.499. The summed E-state index contributed by atoms with van der Waals surface area (Å²) in [6.07, 6.45) is 6.54. The predicted octanol–water partition coefficient (Wildman–Crippen LogP) is 3.45. The molecule has 0 heterocycles. The van der Waals surface area contributed by atoms with Crippen molar-refractivity contribution in [1.29, 1.82) is 0 Å². The van der Waals surface area contributed by atoms with E-state index in [1.807, 2.05) is 19.9 Å². The molecule has 0 aromatic carbocycles. The van der Waals surface area contributed by atoms with E-state index in [0.29, 0.717) is 0 Å². The van der Waals surface area contributed by atoms with E-state index in [0.717, 1.165) is 12.3 Å². The van der Waals surface area contributed by atoms with Crippen LogP contribution in [0.25, 0.3) is 0 Å². The van der Waals surface area contributed by atoms with E-state index in [1.54, 1.807) is 12.4 Å². The molecule has 0 amide bonds. The van der Waals surface area contributed by atoms with E-state index < -0.39 is 0 Å². The number of hydrogen-bond acceptors (Lipinski definition) is 1. The molecular formula is C11H20N2. The highest BCUT2D eigenvalue weighted by atomic mass is 14.9. The number of allylic oxidation sites excluding steroid dienone is 1. The zero-order chi connectivity index (χ0) is 10.3. The van der Waals surface area contributed by atoms with Gasteiger partial charge in [0.1, 0.15) is 5.84 Å². The molecule has 0 saturated heterocycles. The van der Waals surface area contributed by atoms with Crippen LogP contribution in [0.2, 0.25) is 0 Å². The molecule has 0 spiro atoms. The van der Waals surface area contributed by atoms with E-state index >= 15 is 0 Å². The van der Waals surface area contributed by atoms with Gasteiger partial charge in [-0.05, 0) is 20.3 Å². The van der Waals surface area contributed by atoms with Crippen LogP contribution in [0.15, 0.2) is 22.3 Å². The maximum absolute atomic E-state index is 4.31. The molecule has 0 atom stereocenters. The molecular weight excluding hydrogens is 160 g/mol. The Morgan fingerprint density at radius 1 is 1.31 bits per heavy atom. The molecule has 0 bridgehead atoms. The first kappa shape index (κ1) is 12.1. The molecule has 0 unspecified atom stereocenters. The van der Waals surface area contributed by atoms with Gasteiger partial charge in [-0.3, -0.25) is 0 Å². The highest BCUT2D eigenvalue weighted by Crippen LogP contribution is 2.22. The third-order valence-corrected chi connectivity index (χ3v) is 2.09. The topological polar surface area (TPSA) is 24.7 Å². The van der Waals surface area contributed by atoms with Crippen molar-refractivity contribution in [2.24, 2.45) is 15.4 Å². The van der Waals surface area contributed by atoms with E-state index in [4.69, 9.17) is 0 Å². The van der Waals surface area contributed by atoms with E-state index in [1.165, 1.54) is 0 Å². The Balaban J connectivity index is 4.80. The van der Waals surface area contributed by atoms with Crippen molar-refractivity contribution >= 4 is 12.1 Å². The Kier molecular flexibility index (Phi) is 5.28. The zero-order valence-corrected chi connectivity index (χ0v) is 9.33. The van der Waals surface area contributed by atoms with Gasteiger partial charge in [0.15, 0.2) is 0 Å². The van der Waals surface area contributed by atoms with E-state index in [2.05, 4.69) is 30.8 Å². The number of amidine groups is 1. The minimum absolute atomic E-state index is 0.0615. The summed E-state index contributed by atoms with van der Waals surface area (Å²) in [7, 11) is 0. The van der Waals surface area contributed by atoms with Gasteiger partial charge in [-0.25, -0.2) is 9.98 Å². The minimum atomic E-state index is 0.0615. The number of hydrogen-bond donors (Lipinski definition) is 0. The van der Waals surface area contributed by atoms with Crippen LogP contribution in [0.1, 0.15) is 41.0 Å².